The summed E-state index contributed by atoms with van der Waals surface area (Å²) >= 11 is 0. The highest BCUT2D eigenvalue weighted by molar-refractivity contribution is 5.91. The molecule has 1 unspecified atom stereocenters. The molecule has 2 rings (SSSR count). The fourth-order valence-corrected chi connectivity index (χ4v) is 1.86. The van der Waals surface area contributed by atoms with Crippen LogP contribution in [0.3, 0.4) is 0 Å². The lowest BCUT2D eigenvalue weighted by Gasteiger charge is -2.13. The number of phenols is 1. The highest BCUT2D eigenvalue weighted by Gasteiger charge is 2.16. The summed E-state index contributed by atoms with van der Waals surface area (Å²) < 4.78 is 15.6. The Kier molecular flexibility index (Phi) is 6.17. The standard InChI is InChI=1S/C19H18O6/c1-3-12-23-18(21)13(2)24-16-8-10-17(11-9-16)25-19(22)14-4-6-15(20)7-5-14/h3-11,13,20H,1,12H2,2H3. The number of hydrogen-bond donors (Lipinski definition) is 1. The van der Waals surface area contributed by atoms with E-state index in [-0.39, 0.29) is 12.4 Å². The summed E-state index contributed by atoms with van der Waals surface area (Å²) in [5.74, 6) is -0.212. The minimum atomic E-state index is -0.773. The van der Waals surface area contributed by atoms with Gasteiger partial charge in [-0.15, -0.1) is 0 Å². The van der Waals surface area contributed by atoms with E-state index in [0.717, 1.165) is 0 Å². The van der Waals surface area contributed by atoms with Crippen molar-refractivity contribution in [1.29, 1.82) is 0 Å². The van der Waals surface area contributed by atoms with Gasteiger partial charge in [0.15, 0.2) is 6.10 Å². The highest BCUT2D eigenvalue weighted by atomic mass is 16.6. The van der Waals surface area contributed by atoms with E-state index in [1.165, 1.54) is 30.3 Å². The fraction of sp³-hybridized carbons (Fsp3) is 0.158. The summed E-state index contributed by atoms with van der Waals surface area (Å²) in [5.41, 5.74) is 0.316. The Morgan fingerprint density at radius 1 is 1.08 bits per heavy atom. The lowest BCUT2D eigenvalue weighted by Crippen LogP contribution is -2.26. The normalized spacial score (nSPS) is 11.2. The number of phenolic OH excluding ortho intramolecular Hbond substituents is 1. The second-order valence-electron chi connectivity index (χ2n) is 5.09. The summed E-state index contributed by atoms with van der Waals surface area (Å²) in [6.45, 7) is 5.16. The quantitative estimate of drug-likeness (QED) is 0.473. The maximum Gasteiger partial charge on any atom is 0.347 e. The van der Waals surface area contributed by atoms with Crippen LogP contribution in [-0.4, -0.2) is 29.8 Å². The maximum absolute atomic E-state index is 12.0. The van der Waals surface area contributed by atoms with Gasteiger partial charge >= 0.3 is 11.9 Å². The van der Waals surface area contributed by atoms with E-state index in [4.69, 9.17) is 14.2 Å². The van der Waals surface area contributed by atoms with Crippen LogP contribution >= 0.6 is 0 Å². The van der Waals surface area contributed by atoms with E-state index in [9.17, 15) is 14.7 Å². The lowest BCUT2D eigenvalue weighted by atomic mass is 10.2. The lowest BCUT2D eigenvalue weighted by molar-refractivity contribution is -0.149. The Bertz CT molecular complexity index is 734. The molecule has 25 heavy (non-hydrogen) atoms. The average molecular weight is 342 g/mol. The van der Waals surface area contributed by atoms with Crippen molar-refractivity contribution in [2.75, 3.05) is 6.61 Å². The van der Waals surface area contributed by atoms with Crippen molar-refractivity contribution in [2.45, 2.75) is 13.0 Å². The zero-order valence-corrected chi connectivity index (χ0v) is 13.7. The van der Waals surface area contributed by atoms with Crippen LogP contribution in [0.4, 0.5) is 0 Å². The molecule has 0 aliphatic rings. The van der Waals surface area contributed by atoms with Crippen molar-refractivity contribution < 1.29 is 28.9 Å². The maximum atomic E-state index is 12.0. The molecule has 0 saturated heterocycles. The second-order valence-corrected chi connectivity index (χ2v) is 5.09. The summed E-state index contributed by atoms with van der Waals surface area (Å²) in [6, 6.07) is 12.0. The molecule has 6 heteroatoms. The van der Waals surface area contributed by atoms with Crippen molar-refractivity contribution in [3.8, 4) is 17.2 Å². The molecule has 2 aromatic rings. The van der Waals surface area contributed by atoms with Crippen molar-refractivity contribution in [2.24, 2.45) is 0 Å². The van der Waals surface area contributed by atoms with Gasteiger partial charge in [-0.3, -0.25) is 0 Å². The van der Waals surface area contributed by atoms with E-state index in [1.807, 2.05) is 0 Å². The third-order valence-electron chi connectivity index (χ3n) is 3.13. The number of aromatic hydroxyl groups is 1. The molecule has 0 saturated carbocycles. The Balaban J connectivity index is 1.93. The molecular weight excluding hydrogens is 324 g/mol. The molecule has 0 aliphatic carbocycles. The molecule has 130 valence electrons. The number of rotatable bonds is 7. The molecule has 0 aliphatic heterocycles. The summed E-state index contributed by atoms with van der Waals surface area (Å²) in [4.78, 5) is 23.6. The third-order valence-corrected chi connectivity index (χ3v) is 3.13. The first kappa shape index (κ1) is 18.1. The van der Waals surface area contributed by atoms with E-state index in [1.54, 1.807) is 31.2 Å². The molecule has 0 radical (unpaired) electrons. The number of carbonyl (C=O) groups is 2. The van der Waals surface area contributed by atoms with Crippen LogP contribution in [-0.2, 0) is 9.53 Å². The number of ether oxygens (including phenoxy) is 3. The largest absolute Gasteiger partial charge is 0.508 e. The molecule has 1 N–H and O–H groups in total. The van der Waals surface area contributed by atoms with Crippen LogP contribution < -0.4 is 9.47 Å². The first-order valence-electron chi connectivity index (χ1n) is 7.55. The van der Waals surface area contributed by atoms with Gasteiger partial charge in [-0.05, 0) is 55.5 Å². The van der Waals surface area contributed by atoms with Crippen LogP contribution in [0.2, 0.25) is 0 Å². The molecule has 0 spiro atoms. The Morgan fingerprint density at radius 3 is 2.28 bits per heavy atom. The predicted molar refractivity (Wildman–Crippen MR) is 90.8 cm³/mol. The first-order chi connectivity index (χ1) is 12.0. The topological polar surface area (TPSA) is 82.1 Å². The Hall–Kier alpha value is -3.28. The monoisotopic (exact) mass is 342 g/mol. The van der Waals surface area contributed by atoms with Crippen LogP contribution in [0.5, 0.6) is 17.2 Å². The van der Waals surface area contributed by atoms with E-state index in [0.29, 0.717) is 17.1 Å². The van der Waals surface area contributed by atoms with E-state index in [2.05, 4.69) is 6.58 Å². The summed E-state index contributed by atoms with van der Waals surface area (Å²) in [7, 11) is 0. The number of esters is 2. The van der Waals surface area contributed by atoms with Gasteiger partial charge in [-0.1, -0.05) is 12.7 Å². The van der Waals surface area contributed by atoms with Gasteiger partial charge in [0.2, 0.25) is 0 Å². The third kappa shape index (κ3) is 5.39. The van der Waals surface area contributed by atoms with E-state index >= 15 is 0 Å². The number of carbonyl (C=O) groups excluding carboxylic acids is 2. The van der Waals surface area contributed by atoms with Crippen molar-refractivity contribution in [3.63, 3.8) is 0 Å². The molecule has 0 heterocycles. The minimum Gasteiger partial charge on any atom is -0.508 e. The summed E-state index contributed by atoms with van der Waals surface area (Å²) in [5, 5.41) is 9.21. The first-order valence-corrected chi connectivity index (χ1v) is 7.55. The van der Waals surface area contributed by atoms with Crippen LogP contribution in [0, 0.1) is 0 Å². The van der Waals surface area contributed by atoms with Crippen molar-refractivity contribution in [3.05, 3.63) is 66.7 Å². The van der Waals surface area contributed by atoms with Gasteiger partial charge in [0.1, 0.15) is 23.9 Å². The molecule has 0 amide bonds. The van der Waals surface area contributed by atoms with Gasteiger partial charge in [0.25, 0.3) is 0 Å². The fourth-order valence-electron chi connectivity index (χ4n) is 1.86. The highest BCUT2D eigenvalue weighted by Crippen LogP contribution is 2.20. The molecule has 0 bridgehead atoms. The van der Waals surface area contributed by atoms with Gasteiger partial charge in [-0.25, -0.2) is 9.59 Å². The van der Waals surface area contributed by atoms with Crippen LogP contribution in [0.15, 0.2) is 61.2 Å². The zero-order chi connectivity index (χ0) is 18.2. The van der Waals surface area contributed by atoms with E-state index < -0.39 is 18.0 Å². The zero-order valence-electron chi connectivity index (χ0n) is 13.7. The Morgan fingerprint density at radius 2 is 1.68 bits per heavy atom. The molecule has 0 fully saturated rings. The minimum absolute atomic E-state index is 0.0683. The number of hydrogen-bond acceptors (Lipinski definition) is 6. The SMILES string of the molecule is C=CCOC(=O)C(C)Oc1ccc(OC(=O)c2ccc(O)cc2)cc1. The van der Waals surface area contributed by atoms with Gasteiger partial charge in [-0.2, -0.15) is 0 Å². The molecule has 6 nitrogen and oxygen atoms in total. The smallest absolute Gasteiger partial charge is 0.347 e. The second kappa shape index (κ2) is 8.54. The van der Waals surface area contributed by atoms with Crippen LogP contribution in [0.1, 0.15) is 17.3 Å². The van der Waals surface area contributed by atoms with Crippen molar-refractivity contribution in [1.82, 2.24) is 0 Å². The number of benzene rings is 2. The van der Waals surface area contributed by atoms with Gasteiger partial charge < -0.3 is 19.3 Å². The Labute approximate surface area is 145 Å². The molecule has 1 atom stereocenters. The average Bonchev–Trinajstić information content (AvgIpc) is 2.61. The van der Waals surface area contributed by atoms with Gasteiger partial charge in [0.05, 0.1) is 5.56 Å². The summed E-state index contributed by atoms with van der Waals surface area (Å²) in [6.07, 6.45) is 0.701. The molecule has 2 aromatic carbocycles. The predicted octanol–water partition coefficient (Wildman–Crippen LogP) is 3.11. The van der Waals surface area contributed by atoms with Gasteiger partial charge in [0, 0.05) is 0 Å². The van der Waals surface area contributed by atoms with Crippen molar-refractivity contribution >= 4 is 11.9 Å². The molecular formula is C19H18O6. The molecule has 0 aromatic heterocycles. The van der Waals surface area contributed by atoms with Crippen LogP contribution in [0.25, 0.3) is 0 Å².